The molecular formula is C3H5IN2O5S. The van der Waals surface area contributed by atoms with Gasteiger partial charge in [0.15, 0.2) is 0 Å². The average Bonchev–Trinajstić information content (AvgIpc) is 1.82. The molecule has 0 fully saturated rings. The van der Waals surface area contributed by atoms with Crippen LogP contribution in [0.2, 0.25) is 0 Å². The van der Waals surface area contributed by atoms with E-state index in [1.54, 1.807) is 0 Å². The summed E-state index contributed by atoms with van der Waals surface area (Å²) in [5, 5.41) is 0. The molecule has 2 amide bonds. The Balaban J connectivity index is 5.49. The summed E-state index contributed by atoms with van der Waals surface area (Å²) in [6, 6.07) is 0. The summed E-state index contributed by atoms with van der Waals surface area (Å²) in [6.07, 6.45) is 0. The van der Waals surface area contributed by atoms with E-state index in [0.717, 1.165) is 22.6 Å². The molecule has 0 aromatic carbocycles. The van der Waals surface area contributed by atoms with E-state index in [0.29, 0.717) is 0 Å². The molecule has 0 aliphatic heterocycles. The third kappa shape index (κ3) is 1.67. The molecule has 0 aromatic rings. The third-order valence-electron chi connectivity index (χ3n) is 0.989. The fourth-order valence-corrected chi connectivity index (χ4v) is 0.884. The van der Waals surface area contributed by atoms with E-state index in [9.17, 15) is 18.0 Å². The molecule has 0 heterocycles. The first kappa shape index (κ1) is 11.6. The standard InChI is InChI=1S/C3H5IN2O5S/c4-3(1(5)7,2(6)8)12(9,10)11/h(H2,5,7)(H2,6,8)(H,9,10,11). The molecule has 5 N–H and O–H groups in total. The highest BCUT2D eigenvalue weighted by Gasteiger charge is 2.52. The maximum Gasteiger partial charge on any atom is 0.301 e. The normalized spacial score (nSPS) is 12.5. The van der Waals surface area contributed by atoms with Crippen LogP contribution >= 0.6 is 22.6 Å². The molecule has 0 saturated carbocycles. The van der Waals surface area contributed by atoms with Crippen molar-refractivity contribution < 1.29 is 22.6 Å². The quantitative estimate of drug-likeness (QED) is 0.239. The Morgan fingerprint density at radius 1 is 1.25 bits per heavy atom. The zero-order valence-corrected chi connectivity index (χ0v) is 8.50. The highest BCUT2D eigenvalue weighted by atomic mass is 127. The summed E-state index contributed by atoms with van der Waals surface area (Å²) < 4.78 is 26.6. The number of hydrogen-bond acceptors (Lipinski definition) is 4. The van der Waals surface area contributed by atoms with Gasteiger partial charge in [0.2, 0.25) is 0 Å². The smallest absolute Gasteiger partial charge is 0.301 e. The number of carbonyl (C=O) groups excluding carboxylic acids is 2. The van der Waals surface area contributed by atoms with Crippen LogP contribution in [0.1, 0.15) is 0 Å². The first-order valence-corrected chi connectivity index (χ1v) is 4.91. The van der Waals surface area contributed by atoms with Crippen LogP contribution in [0.15, 0.2) is 0 Å². The number of hydrogen-bond donors (Lipinski definition) is 3. The summed E-state index contributed by atoms with van der Waals surface area (Å²) in [7, 11) is -4.93. The number of nitrogens with two attached hydrogens (primary N) is 2. The van der Waals surface area contributed by atoms with Crippen LogP contribution in [0, 0.1) is 0 Å². The summed E-state index contributed by atoms with van der Waals surface area (Å²) in [5.74, 6) is -3.06. The van der Waals surface area contributed by atoms with Crippen LogP contribution in [0.3, 0.4) is 0 Å². The third-order valence-corrected chi connectivity index (χ3v) is 4.84. The van der Waals surface area contributed by atoms with Crippen molar-refractivity contribution in [1.82, 2.24) is 0 Å². The second-order valence-electron chi connectivity index (χ2n) is 1.80. The molecule has 0 saturated heterocycles. The van der Waals surface area contributed by atoms with Crippen molar-refractivity contribution >= 4 is 44.5 Å². The molecule has 0 bridgehead atoms. The maximum absolute atomic E-state index is 10.5. The zero-order valence-electron chi connectivity index (χ0n) is 5.52. The number of alkyl halides is 1. The van der Waals surface area contributed by atoms with Crippen molar-refractivity contribution in [2.75, 3.05) is 0 Å². The second-order valence-corrected chi connectivity index (χ2v) is 5.71. The minimum atomic E-state index is -4.93. The molecular weight excluding hydrogens is 303 g/mol. The van der Waals surface area contributed by atoms with E-state index in [1.807, 2.05) is 0 Å². The number of rotatable bonds is 3. The van der Waals surface area contributed by atoms with Gasteiger partial charge in [-0.15, -0.1) is 0 Å². The Morgan fingerprint density at radius 2 is 1.50 bits per heavy atom. The SMILES string of the molecule is NC(=O)C(I)(C(N)=O)S(=O)(=O)O. The predicted molar refractivity (Wildman–Crippen MR) is 46.7 cm³/mol. The fraction of sp³-hybridized carbons (Fsp3) is 0.333. The lowest BCUT2D eigenvalue weighted by molar-refractivity contribution is -0.125. The number of halogens is 1. The fourth-order valence-electron chi connectivity index (χ4n) is 0.376. The molecule has 0 rings (SSSR count). The Bertz CT molecular complexity index is 308. The van der Waals surface area contributed by atoms with Crippen molar-refractivity contribution in [3.63, 3.8) is 0 Å². The van der Waals surface area contributed by atoms with E-state index < -0.39 is 24.7 Å². The molecule has 0 unspecified atom stereocenters. The number of amides is 2. The summed E-state index contributed by atoms with van der Waals surface area (Å²) in [5.41, 5.74) is 9.14. The molecule has 70 valence electrons. The Kier molecular flexibility index (Phi) is 3.03. The van der Waals surface area contributed by atoms with Gasteiger partial charge in [0.05, 0.1) is 0 Å². The van der Waals surface area contributed by atoms with Crippen LogP contribution in [-0.4, -0.2) is 27.5 Å². The summed E-state index contributed by atoms with van der Waals surface area (Å²) in [6.45, 7) is 0. The topological polar surface area (TPSA) is 141 Å². The number of primary amides is 2. The second kappa shape index (κ2) is 3.14. The Hall–Kier alpha value is -0.420. The Labute approximate surface area is 81.4 Å². The molecule has 7 nitrogen and oxygen atoms in total. The monoisotopic (exact) mass is 308 g/mol. The van der Waals surface area contributed by atoms with E-state index in [-0.39, 0.29) is 0 Å². The van der Waals surface area contributed by atoms with Gasteiger partial charge in [-0.2, -0.15) is 8.42 Å². The average molecular weight is 308 g/mol. The van der Waals surface area contributed by atoms with E-state index >= 15 is 0 Å². The van der Waals surface area contributed by atoms with Gasteiger partial charge in [-0.1, -0.05) is 0 Å². The van der Waals surface area contributed by atoms with Crippen molar-refractivity contribution in [3.8, 4) is 0 Å². The Morgan fingerprint density at radius 3 is 1.50 bits per heavy atom. The summed E-state index contributed by atoms with van der Waals surface area (Å²) in [4.78, 5) is 21.0. The molecule has 0 atom stereocenters. The highest BCUT2D eigenvalue weighted by Crippen LogP contribution is 2.24. The molecule has 12 heavy (non-hydrogen) atoms. The van der Waals surface area contributed by atoms with Crippen LogP contribution < -0.4 is 11.5 Å². The van der Waals surface area contributed by atoms with E-state index in [2.05, 4.69) is 11.5 Å². The first-order chi connectivity index (χ1) is 5.14. The van der Waals surface area contributed by atoms with Gasteiger partial charge in [-0.25, -0.2) is 0 Å². The molecule has 9 heteroatoms. The van der Waals surface area contributed by atoms with Gasteiger partial charge >= 0.3 is 2.75 Å². The van der Waals surface area contributed by atoms with Gasteiger partial charge < -0.3 is 11.5 Å². The largest absolute Gasteiger partial charge is 0.367 e. The van der Waals surface area contributed by atoms with Gasteiger partial charge in [0.1, 0.15) is 0 Å². The molecule has 0 aliphatic carbocycles. The lowest BCUT2D eigenvalue weighted by atomic mass is 10.4. The maximum atomic E-state index is 10.5. The lowest BCUT2D eigenvalue weighted by Gasteiger charge is -2.15. The first-order valence-electron chi connectivity index (χ1n) is 2.39. The van der Waals surface area contributed by atoms with Crippen molar-refractivity contribution in [1.29, 1.82) is 0 Å². The van der Waals surface area contributed by atoms with Crippen molar-refractivity contribution in [2.45, 2.75) is 2.75 Å². The number of carbonyl (C=O) groups is 2. The molecule has 0 aromatic heterocycles. The van der Waals surface area contributed by atoms with Gasteiger partial charge in [0.25, 0.3) is 21.9 Å². The van der Waals surface area contributed by atoms with Crippen LogP contribution in [0.4, 0.5) is 0 Å². The molecule has 0 spiro atoms. The van der Waals surface area contributed by atoms with Crippen LogP contribution in [0.5, 0.6) is 0 Å². The van der Waals surface area contributed by atoms with Gasteiger partial charge in [-0.05, 0) is 22.6 Å². The van der Waals surface area contributed by atoms with Crippen molar-refractivity contribution in [3.05, 3.63) is 0 Å². The molecule has 0 aliphatic rings. The molecule has 0 radical (unpaired) electrons. The minimum absolute atomic E-state index is 0.874. The predicted octanol–water partition coefficient (Wildman–Crippen LogP) is -2.02. The van der Waals surface area contributed by atoms with E-state index in [1.165, 1.54) is 0 Å². The van der Waals surface area contributed by atoms with Gasteiger partial charge in [0, 0.05) is 0 Å². The van der Waals surface area contributed by atoms with Crippen LogP contribution in [0.25, 0.3) is 0 Å². The van der Waals surface area contributed by atoms with Crippen LogP contribution in [-0.2, 0) is 19.7 Å². The minimum Gasteiger partial charge on any atom is -0.367 e. The summed E-state index contributed by atoms with van der Waals surface area (Å²) >= 11 is 0.874. The van der Waals surface area contributed by atoms with Crippen molar-refractivity contribution in [2.24, 2.45) is 11.5 Å². The highest BCUT2D eigenvalue weighted by molar-refractivity contribution is 14.1. The lowest BCUT2D eigenvalue weighted by Crippen LogP contribution is -2.54. The zero-order chi connectivity index (χ0) is 10.2. The van der Waals surface area contributed by atoms with E-state index in [4.69, 9.17) is 4.55 Å². The van der Waals surface area contributed by atoms with Gasteiger partial charge in [-0.3, -0.25) is 14.1 Å².